The van der Waals surface area contributed by atoms with E-state index in [4.69, 9.17) is 4.74 Å². The average Bonchev–Trinajstić information content (AvgIpc) is 2.70. The van der Waals surface area contributed by atoms with Gasteiger partial charge in [0.05, 0.1) is 18.0 Å². The molecule has 2 aromatic rings. The molecule has 1 fully saturated rings. The van der Waals surface area contributed by atoms with Crippen LogP contribution < -0.4 is 5.32 Å². The first-order valence-electron chi connectivity index (χ1n) is 10.2. The standard InChI is InChI=1S/C23H28N2O5S/c1-16-13-25(14-17(2)30-16)23(27)21-10-4-18(5-11-21)12-24-22(26)20-8-6-19(7-9-20)15-31(3,28)29/h4-11,16-17H,12-15H2,1-3H3,(H,24,26). The quantitative estimate of drug-likeness (QED) is 0.739. The SMILES string of the molecule is CC1CN(C(=O)c2ccc(CNC(=O)c3ccc(CS(C)(=O)=O)cc3)cc2)CC(C)O1. The molecular weight excluding hydrogens is 416 g/mol. The Morgan fingerprint density at radius 2 is 1.45 bits per heavy atom. The van der Waals surface area contributed by atoms with Gasteiger partial charge in [0.2, 0.25) is 0 Å². The molecule has 1 aliphatic heterocycles. The number of amides is 2. The topological polar surface area (TPSA) is 92.8 Å². The van der Waals surface area contributed by atoms with Gasteiger partial charge in [-0.2, -0.15) is 0 Å². The van der Waals surface area contributed by atoms with Gasteiger partial charge >= 0.3 is 0 Å². The van der Waals surface area contributed by atoms with Crippen molar-refractivity contribution in [2.24, 2.45) is 0 Å². The third-order valence-electron chi connectivity index (χ3n) is 5.01. The molecule has 2 atom stereocenters. The van der Waals surface area contributed by atoms with E-state index in [9.17, 15) is 18.0 Å². The summed E-state index contributed by atoms with van der Waals surface area (Å²) in [6.07, 6.45) is 1.21. The Hall–Kier alpha value is -2.71. The summed E-state index contributed by atoms with van der Waals surface area (Å²) >= 11 is 0. The van der Waals surface area contributed by atoms with Crippen molar-refractivity contribution in [2.75, 3.05) is 19.3 Å². The highest BCUT2D eigenvalue weighted by atomic mass is 32.2. The van der Waals surface area contributed by atoms with E-state index < -0.39 is 9.84 Å². The molecule has 0 radical (unpaired) electrons. The number of ether oxygens (including phenoxy) is 1. The van der Waals surface area contributed by atoms with Crippen molar-refractivity contribution in [1.29, 1.82) is 0 Å². The second kappa shape index (κ2) is 9.62. The lowest BCUT2D eigenvalue weighted by molar-refractivity contribution is -0.0586. The fraction of sp³-hybridized carbons (Fsp3) is 0.391. The first-order chi connectivity index (χ1) is 14.6. The molecule has 2 unspecified atom stereocenters. The minimum Gasteiger partial charge on any atom is -0.372 e. The van der Waals surface area contributed by atoms with Crippen molar-refractivity contribution in [3.63, 3.8) is 0 Å². The molecule has 7 nitrogen and oxygen atoms in total. The fourth-order valence-electron chi connectivity index (χ4n) is 3.63. The number of nitrogens with one attached hydrogen (secondary N) is 1. The van der Waals surface area contributed by atoms with E-state index in [2.05, 4.69) is 5.32 Å². The molecule has 1 saturated heterocycles. The van der Waals surface area contributed by atoms with Gasteiger partial charge in [-0.15, -0.1) is 0 Å². The first-order valence-corrected chi connectivity index (χ1v) is 12.3. The maximum atomic E-state index is 12.7. The van der Waals surface area contributed by atoms with Crippen LogP contribution in [-0.2, 0) is 26.9 Å². The summed E-state index contributed by atoms with van der Waals surface area (Å²) in [5.41, 5.74) is 2.59. The summed E-state index contributed by atoms with van der Waals surface area (Å²) < 4.78 is 28.4. The number of hydrogen-bond donors (Lipinski definition) is 1. The van der Waals surface area contributed by atoms with Crippen LogP contribution in [0.25, 0.3) is 0 Å². The van der Waals surface area contributed by atoms with Crippen LogP contribution in [0, 0.1) is 0 Å². The van der Waals surface area contributed by atoms with Gasteiger partial charge in [0.15, 0.2) is 9.84 Å². The van der Waals surface area contributed by atoms with Gasteiger partial charge in [0.25, 0.3) is 11.8 Å². The Labute approximate surface area is 183 Å². The van der Waals surface area contributed by atoms with E-state index in [-0.39, 0.29) is 29.8 Å². The smallest absolute Gasteiger partial charge is 0.254 e. The molecule has 0 aromatic heterocycles. The van der Waals surface area contributed by atoms with E-state index >= 15 is 0 Å². The Morgan fingerprint density at radius 3 is 2.00 bits per heavy atom. The lowest BCUT2D eigenvalue weighted by Crippen LogP contribution is -2.48. The number of nitrogens with zero attached hydrogens (tertiary/aromatic N) is 1. The molecule has 166 valence electrons. The molecule has 1 N–H and O–H groups in total. The maximum absolute atomic E-state index is 12.7. The number of benzene rings is 2. The maximum Gasteiger partial charge on any atom is 0.254 e. The number of sulfone groups is 1. The van der Waals surface area contributed by atoms with E-state index in [0.717, 1.165) is 5.56 Å². The third-order valence-corrected chi connectivity index (χ3v) is 5.86. The minimum atomic E-state index is -3.11. The molecule has 8 heteroatoms. The second-order valence-corrected chi connectivity index (χ2v) is 10.3. The zero-order valence-corrected chi connectivity index (χ0v) is 18.8. The lowest BCUT2D eigenvalue weighted by atomic mass is 10.1. The molecule has 2 amide bonds. The zero-order valence-electron chi connectivity index (χ0n) is 18.0. The summed E-state index contributed by atoms with van der Waals surface area (Å²) in [7, 11) is -3.11. The molecule has 3 rings (SSSR count). The van der Waals surface area contributed by atoms with Gasteiger partial charge in [-0.1, -0.05) is 24.3 Å². The summed E-state index contributed by atoms with van der Waals surface area (Å²) in [5.74, 6) is -0.323. The van der Waals surface area contributed by atoms with Gasteiger partial charge in [0, 0.05) is 37.0 Å². The van der Waals surface area contributed by atoms with Gasteiger partial charge in [0.1, 0.15) is 0 Å². The van der Waals surface area contributed by atoms with Gasteiger partial charge < -0.3 is 15.0 Å². The number of rotatable bonds is 6. The van der Waals surface area contributed by atoms with Crippen molar-refractivity contribution in [3.05, 3.63) is 70.8 Å². The second-order valence-electron chi connectivity index (χ2n) is 8.11. The Balaban J connectivity index is 1.55. The third kappa shape index (κ3) is 6.63. The summed E-state index contributed by atoms with van der Waals surface area (Å²) in [6.45, 7) is 5.39. The van der Waals surface area contributed by atoms with Crippen LogP contribution in [-0.4, -0.2) is 56.7 Å². The Kier molecular flexibility index (Phi) is 7.12. The Morgan fingerprint density at radius 1 is 0.935 bits per heavy atom. The van der Waals surface area contributed by atoms with E-state index in [1.807, 2.05) is 30.9 Å². The first kappa shape index (κ1) is 23.0. The van der Waals surface area contributed by atoms with Gasteiger partial charge in [-0.25, -0.2) is 8.42 Å². The number of carbonyl (C=O) groups excluding carboxylic acids is 2. The van der Waals surface area contributed by atoms with Crippen LogP contribution in [0.3, 0.4) is 0 Å². The van der Waals surface area contributed by atoms with Crippen molar-refractivity contribution < 1.29 is 22.7 Å². The van der Waals surface area contributed by atoms with Crippen LogP contribution >= 0.6 is 0 Å². The molecular formula is C23H28N2O5S. The average molecular weight is 445 g/mol. The van der Waals surface area contributed by atoms with Crippen LogP contribution in [0.15, 0.2) is 48.5 Å². The largest absolute Gasteiger partial charge is 0.372 e. The lowest BCUT2D eigenvalue weighted by Gasteiger charge is -2.35. The highest BCUT2D eigenvalue weighted by Gasteiger charge is 2.26. The fourth-order valence-corrected chi connectivity index (χ4v) is 4.43. The molecule has 1 aliphatic rings. The van der Waals surface area contributed by atoms with Crippen LogP contribution in [0.5, 0.6) is 0 Å². The summed E-state index contributed by atoms with van der Waals surface area (Å²) in [4.78, 5) is 26.9. The zero-order chi connectivity index (χ0) is 22.6. The molecule has 0 saturated carbocycles. The van der Waals surface area contributed by atoms with Crippen LogP contribution in [0.1, 0.15) is 45.7 Å². The van der Waals surface area contributed by atoms with Crippen molar-refractivity contribution in [2.45, 2.75) is 38.4 Å². The number of morpholine rings is 1. The Bertz CT molecular complexity index is 1020. The minimum absolute atomic E-state index is 0.0163. The predicted molar refractivity (Wildman–Crippen MR) is 119 cm³/mol. The number of carbonyl (C=O) groups is 2. The molecule has 0 spiro atoms. The van der Waals surface area contributed by atoms with Crippen LogP contribution in [0.2, 0.25) is 0 Å². The van der Waals surface area contributed by atoms with Gasteiger partial charge in [-0.3, -0.25) is 9.59 Å². The van der Waals surface area contributed by atoms with Crippen LogP contribution in [0.4, 0.5) is 0 Å². The monoisotopic (exact) mass is 444 g/mol. The van der Waals surface area contributed by atoms with E-state index in [1.165, 1.54) is 6.26 Å². The van der Waals surface area contributed by atoms with Crippen molar-refractivity contribution in [3.8, 4) is 0 Å². The van der Waals surface area contributed by atoms with E-state index in [1.54, 1.807) is 36.4 Å². The molecule has 2 aromatic carbocycles. The van der Waals surface area contributed by atoms with Crippen molar-refractivity contribution >= 4 is 21.7 Å². The highest BCUT2D eigenvalue weighted by Crippen LogP contribution is 2.15. The summed E-state index contributed by atoms with van der Waals surface area (Å²) in [5, 5.41) is 2.84. The molecule has 1 heterocycles. The molecule has 0 aliphatic carbocycles. The van der Waals surface area contributed by atoms with Gasteiger partial charge in [-0.05, 0) is 49.2 Å². The highest BCUT2D eigenvalue weighted by molar-refractivity contribution is 7.89. The predicted octanol–water partition coefficient (Wildman–Crippen LogP) is 2.41. The van der Waals surface area contributed by atoms with Crippen molar-refractivity contribution in [1.82, 2.24) is 10.2 Å². The number of hydrogen-bond acceptors (Lipinski definition) is 5. The molecule has 0 bridgehead atoms. The summed E-state index contributed by atoms with van der Waals surface area (Å²) in [6, 6.07) is 13.7. The normalized spacial score (nSPS) is 19.1. The molecule has 31 heavy (non-hydrogen) atoms. The van der Waals surface area contributed by atoms with E-state index in [0.29, 0.717) is 36.3 Å².